The van der Waals surface area contributed by atoms with Gasteiger partial charge in [-0.25, -0.2) is 0 Å². The maximum absolute atomic E-state index is 5.90. The molecule has 2 saturated carbocycles. The molecule has 0 amide bonds. The topological polar surface area (TPSA) is 45.7 Å². The van der Waals surface area contributed by atoms with Crippen molar-refractivity contribution >= 4 is 45.9 Å². The van der Waals surface area contributed by atoms with Gasteiger partial charge >= 0.3 is 0 Å². The molecule has 4 nitrogen and oxygen atoms in total. The molecule has 0 aromatic heterocycles. The molecule has 144 valence electrons. The number of hydrogen-bond acceptors (Lipinski definition) is 2. The fourth-order valence-electron chi connectivity index (χ4n) is 4.75. The molecule has 3 aliphatic rings. The standard InChI is InChI=1S/C20H28BrN3O.HI/c1-19(2)16(15-7-10-25-17(15)19)24-18(22-3)23-12-20(8-9-20)13-5-4-6-14(21)11-13;/h4-6,11,15-17H,7-10,12H2,1-3H3,(H2,22,23,24);1H. The molecule has 3 unspecified atom stereocenters. The lowest BCUT2D eigenvalue weighted by Crippen LogP contribution is -2.68. The van der Waals surface area contributed by atoms with Gasteiger partial charge in [0, 0.05) is 47.5 Å². The van der Waals surface area contributed by atoms with E-state index in [2.05, 4.69) is 69.7 Å². The number of halogens is 2. The summed E-state index contributed by atoms with van der Waals surface area (Å²) in [7, 11) is 1.86. The van der Waals surface area contributed by atoms with Gasteiger partial charge in [-0.2, -0.15) is 0 Å². The lowest BCUT2D eigenvalue weighted by Gasteiger charge is -2.55. The second-order valence-electron chi connectivity index (χ2n) is 8.40. The molecule has 1 heterocycles. The maximum Gasteiger partial charge on any atom is 0.191 e. The first-order chi connectivity index (χ1) is 12.0. The molecule has 0 radical (unpaired) electrons. The zero-order valence-corrected chi connectivity index (χ0v) is 19.6. The first-order valence-electron chi connectivity index (χ1n) is 9.31. The van der Waals surface area contributed by atoms with E-state index >= 15 is 0 Å². The Hall–Kier alpha value is -0.340. The average molecular weight is 534 g/mol. The van der Waals surface area contributed by atoms with E-state index in [9.17, 15) is 0 Å². The van der Waals surface area contributed by atoms with Gasteiger partial charge in [0.2, 0.25) is 0 Å². The highest BCUT2D eigenvalue weighted by molar-refractivity contribution is 14.0. The molecule has 26 heavy (non-hydrogen) atoms. The third kappa shape index (κ3) is 3.53. The lowest BCUT2D eigenvalue weighted by atomic mass is 9.57. The van der Waals surface area contributed by atoms with E-state index in [1.165, 1.54) is 18.4 Å². The molecule has 1 aromatic carbocycles. The van der Waals surface area contributed by atoms with Gasteiger partial charge in [-0.15, -0.1) is 24.0 Å². The molecule has 1 saturated heterocycles. The summed E-state index contributed by atoms with van der Waals surface area (Å²) in [6.45, 7) is 6.43. The predicted octanol–water partition coefficient (Wildman–Crippen LogP) is 4.08. The largest absolute Gasteiger partial charge is 0.377 e. The summed E-state index contributed by atoms with van der Waals surface area (Å²) >= 11 is 3.60. The van der Waals surface area contributed by atoms with Crippen LogP contribution in [0.4, 0.5) is 0 Å². The van der Waals surface area contributed by atoms with E-state index in [1.54, 1.807) is 0 Å². The summed E-state index contributed by atoms with van der Waals surface area (Å²) in [4.78, 5) is 4.48. The van der Waals surface area contributed by atoms with Gasteiger partial charge < -0.3 is 15.4 Å². The van der Waals surface area contributed by atoms with Crippen molar-refractivity contribution < 1.29 is 4.74 Å². The van der Waals surface area contributed by atoms with Crippen LogP contribution in [-0.2, 0) is 10.2 Å². The lowest BCUT2D eigenvalue weighted by molar-refractivity contribution is -0.106. The monoisotopic (exact) mass is 533 g/mol. The molecule has 1 aromatic rings. The zero-order chi connectivity index (χ0) is 17.7. The summed E-state index contributed by atoms with van der Waals surface area (Å²) in [6, 6.07) is 9.15. The van der Waals surface area contributed by atoms with Crippen LogP contribution in [0.15, 0.2) is 33.7 Å². The minimum absolute atomic E-state index is 0. The Morgan fingerprint density at radius 1 is 1.35 bits per heavy atom. The van der Waals surface area contributed by atoms with E-state index in [4.69, 9.17) is 4.74 Å². The fourth-order valence-corrected chi connectivity index (χ4v) is 5.15. The molecule has 3 fully saturated rings. The van der Waals surface area contributed by atoms with Crippen molar-refractivity contribution in [3.8, 4) is 0 Å². The number of nitrogens with one attached hydrogen (secondary N) is 2. The minimum atomic E-state index is 0. The van der Waals surface area contributed by atoms with Crippen molar-refractivity contribution in [1.29, 1.82) is 0 Å². The van der Waals surface area contributed by atoms with Crippen LogP contribution in [0.3, 0.4) is 0 Å². The van der Waals surface area contributed by atoms with Crippen LogP contribution in [-0.4, -0.2) is 38.3 Å². The van der Waals surface area contributed by atoms with E-state index in [1.807, 2.05) is 7.05 Å². The normalized spacial score (nSPS) is 30.6. The average Bonchev–Trinajstić information content (AvgIpc) is 3.24. The number of fused-ring (bicyclic) bond motifs is 1. The van der Waals surface area contributed by atoms with Crippen molar-refractivity contribution in [3.05, 3.63) is 34.3 Å². The van der Waals surface area contributed by atoms with Gasteiger partial charge in [0.05, 0.1) is 6.10 Å². The molecule has 1 aliphatic heterocycles. The first kappa shape index (κ1) is 20.4. The SMILES string of the molecule is CN=C(NCC1(c2cccc(Br)c2)CC1)NC1C2CCOC2C1(C)C.I. The summed E-state index contributed by atoms with van der Waals surface area (Å²) in [5, 5.41) is 7.27. The highest BCUT2D eigenvalue weighted by Gasteiger charge is 2.59. The summed E-state index contributed by atoms with van der Waals surface area (Å²) in [5.74, 6) is 1.54. The molecular formula is C20H29BrIN3O. The molecule has 0 spiro atoms. The van der Waals surface area contributed by atoms with Crippen LogP contribution in [0.2, 0.25) is 0 Å². The molecule has 0 bridgehead atoms. The second-order valence-corrected chi connectivity index (χ2v) is 9.32. The summed E-state index contributed by atoms with van der Waals surface area (Å²) in [5.41, 5.74) is 1.84. The summed E-state index contributed by atoms with van der Waals surface area (Å²) in [6.07, 6.45) is 4.03. The number of benzene rings is 1. The number of rotatable bonds is 4. The zero-order valence-electron chi connectivity index (χ0n) is 15.7. The minimum Gasteiger partial charge on any atom is -0.377 e. The molecule has 6 heteroatoms. The van der Waals surface area contributed by atoms with Gasteiger partial charge in [0.1, 0.15) is 0 Å². The third-order valence-electron chi connectivity index (χ3n) is 6.50. The number of nitrogens with zero attached hydrogens (tertiary/aromatic N) is 1. The first-order valence-corrected chi connectivity index (χ1v) is 10.1. The van der Waals surface area contributed by atoms with Crippen LogP contribution in [0.25, 0.3) is 0 Å². The quantitative estimate of drug-likeness (QED) is 0.348. The third-order valence-corrected chi connectivity index (χ3v) is 6.99. The van der Waals surface area contributed by atoms with Crippen molar-refractivity contribution in [2.75, 3.05) is 20.2 Å². The van der Waals surface area contributed by atoms with Crippen molar-refractivity contribution in [2.45, 2.75) is 50.7 Å². The van der Waals surface area contributed by atoms with Gasteiger partial charge in [-0.05, 0) is 37.0 Å². The molecule has 2 aliphatic carbocycles. The number of hydrogen-bond donors (Lipinski definition) is 2. The van der Waals surface area contributed by atoms with Gasteiger partial charge in [0.25, 0.3) is 0 Å². The molecule has 2 N–H and O–H groups in total. The maximum atomic E-state index is 5.90. The van der Waals surface area contributed by atoms with Crippen LogP contribution >= 0.6 is 39.9 Å². The van der Waals surface area contributed by atoms with E-state index in [0.717, 1.165) is 30.0 Å². The van der Waals surface area contributed by atoms with E-state index in [0.29, 0.717) is 18.1 Å². The smallest absolute Gasteiger partial charge is 0.191 e. The Morgan fingerprint density at radius 3 is 2.77 bits per heavy atom. The van der Waals surface area contributed by atoms with Gasteiger partial charge in [0.15, 0.2) is 5.96 Å². The van der Waals surface area contributed by atoms with Crippen LogP contribution in [0.5, 0.6) is 0 Å². The highest BCUT2D eigenvalue weighted by atomic mass is 127. The Labute approximate surface area is 182 Å². The number of aliphatic imine (C=N–C) groups is 1. The van der Waals surface area contributed by atoms with Crippen LogP contribution in [0, 0.1) is 11.3 Å². The Kier molecular flexibility index (Phi) is 5.95. The number of ether oxygens (including phenoxy) is 1. The predicted molar refractivity (Wildman–Crippen MR) is 120 cm³/mol. The van der Waals surface area contributed by atoms with Gasteiger partial charge in [-0.3, -0.25) is 4.99 Å². The van der Waals surface area contributed by atoms with E-state index in [-0.39, 0.29) is 34.8 Å². The second kappa shape index (κ2) is 7.59. The Balaban J connectivity index is 0.00000196. The fraction of sp³-hybridized carbons (Fsp3) is 0.650. The van der Waals surface area contributed by atoms with Crippen molar-refractivity contribution in [1.82, 2.24) is 10.6 Å². The van der Waals surface area contributed by atoms with Crippen LogP contribution < -0.4 is 10.6 Å². The molecule has 3 atom stereocenters. The Bertz CT molecular complexity index is 689. The Morgan fingerprint density at radius 2 is 2.12 bits per heavy atom. The summed E-state index contributed by atoms with van der Waals surface area (Å²) < 4.78 is 7.06. The van der Waals surface area contributed by atoms with Crippen LogP contribution in [0.1, 0.15) is 38.7 Å². The van der Waals surface area contributed by atoms with Crippen molar-refractivity contribution in [2.24, 2.45) is 16.3 Å². The van der Waals surface area contributed by atoms with E-state index < -0.39 is 0 Å². The van der Waals surface area contributed by atoms with Crippen molar-refractivity contribution in [3.63, 3.8) is 0 Å². The molecule has 4 rings (SSSR count). The highest BCUT2D eigenvalue weighted by Crippen LogP contribution is 2.52. The van der Waals surface area contributed by atoms with Gasteiger partial charge in [-0.1, -0.05) is 41.9 Å². The molecular weight excluding hydrogens is 505 g/mol. The number of guanidine groups is 1.